The summed E-state index contributed by atoms with van der Waals surface area (Å²) in [5, 5.41) is 9.09. The molecular formula is C15H21NO5. The Morgan fingerprint density at radius 3 is 2.62 bits per heavy atom. The molecule has 0 aliphatic heterocycles. The number of rotatable bonds is 9. The number of ether oxygens (including phenoxy) is 2. The minimum Gasteiger partial charge on any atom is -0.478 e. The SMILES string of the molecule is COCCOCC(=O)N(C)CCc1ccccc1C(=O)O. The van der Waals surface area contributed by atoms with Gasteiger partial charge in [0.1, 0.15) is 6.61 Å². The Hall–Kier alpha value is -1.92. The number of carboxylic acids is 1. The molecule has 1 rings (SSSR count). The molecule has 0 aliphatic rings. The first-order valence-corrected chi connectivity index (χ1v) is 6.68. The predicted octanol–water partition coefficient (Wildman–Crippen LogP) is 1.05. The molecule has 0 heterocycles. The molecule has 1 aromatic rings. The van der Waals surface area contributed by atoms with Crippen molar-refractivity contribution < 1.29 is 24.2 Å². The molecule has 1 N–H and O–H groups in total. The number of benzene rings is 1. The van der Waals surface area contributed by atoms with Crippen LogP contribution in [0.1, 0.15) is 15.9 Å². The van der Waals surface area contributed by atoms with E-state index in [2.05, 4.69) is 0 Å². The number of carbonyl (C=O) groups excluding carboxylic acids is 1. The zero-order valence-corrected chi connectivity index (χ0v) is 12.4. The number of nitrogens with zero attached hydrogens (tertiary/aromatic N) is 1. The highest BCUT2D eigenvalue weighted by atomic mass is 16.5. The Kier molecular flexibility index (Phi) is 7.42. The molecule has 0 atom stereocenters. The lowest BCUT2D eigenvalue weighted by Crippen LogP contribution is -2.32. The quantitative estimate of drug-likeness (QED) is 0.689. The van der Waals surface area contributed by atoms with Gasteiger partial charge in [-0.25, -0.2) is 4.79 Å². The Morgan fingerprint density at radius 1 is 1.24 bits per heavy atom. The van der Waals surface area contributed by atoms with Crippen LogP contribution in [0.2, 0.25) is 0 Å². The summed E-state index contributed by atoms with van der Waals surface area (Å²) in [6.45, 7) is 1.26. The maximum absolute atomic E-state index is 11.8. The van der Waals surface area contributed by atoms with Gasteiger partial charge in [0.15, 0.2) is 0 Å². The zero-order valence-electron chi connectivity index (χ0n) is 12.4. The van der Waals surface area contributed by atoms with Crippen LogP contribution in [0.3, 0.4) is 0 Å². The van der Waals surface area contributed by atoms with Gasteiger partial charge in [0, 0.05) is 20.7 Å². The molecular weight excluding hydrogens is 274 g/mol. The normalized spacial score (nSPS) is 10.4. The third kappa shape index (κ3) is 5.93. The van der Waals surface area contributed by atoms with Crippen LogP contribution in [-0.4, -0.2) is 62.4 Å². The molecule has 0 aliphatic carbocycles. The fourth-order valence-electron chi connectivity index (χ4n) is 1.77. The topological polar surface area (TPSA) is 76.1 Å². The second kappa shape index (κ2) is 9.10. The van der Waals surface area contributed by atoms with Gasteiger partial charge in [-0.1, -0.05) is 18.2 Å². The summed E-state index contributed by atoms with van der Waals surface area (Å²) in [4.78, 5) is 24.4. The van der Waals surface area contributed by atoms with E-state index in [1.54, 1.807) is 38.4 Å². The van der Waals surface area contributed by atoms with Crippen LogP contribution < -0.4 is 0 Å². The highest BCUT2D eigenvalue weighted by Gasteiger charge is 2.12. The van der Waals surface area contributed by atoms with E-state index in [9.17, 15) is 9.59 Å². The molecule has 6 nitrogen and oxygen atoms in total. The predicted molar refractivity (Wildman–Crippen MR) is 77.4 cm³/mol. The van der Waals surface area contributed by atoms with Crippen molar-refractivity contribution in [1.82, 2.24) is 4.90 Å². The van der Waals surface area contributed by atoms with Crippen molar-refractivity contribution in [2.75, 3.05) is 40.5 Å². The molecule has 0 aromatic heterocycles. The highest BCUT2D eigenvalue weighted by molar-refractivity contribution is 5.89. The number of hydrogen-bond acceptors (Lipinski definition) is 4. The molecule has 0 saturated heterocycles. The average molecular weight is 295 g/mol. The maximum atomic E-state index is 11.8. The first kappa shape index (κ1) is 17.1. The maximum Gasteiger partial charge on any atom is 0.335 e. The van der Waals surface area contributed by atoms with Crippen molar-refractivity contribution in [3.8, 4) is 0 Å². The van der Waals surface area contributed by atoms with Crippen LogP contribution in [0.25, 0.3) is 0 Å². The van der Waals surface area contributed by atoms with Crippen LogP contribution in [0.5, 0.6) is 0 Å². The first-order valence-electron chi connectivity index (χ1n) is 6.68. The van der Waals surface area contributed by atoms with Crippen LogP contribution >= 0.6 is 0 Å². The van der Waals surface area contributed by atoms with Gasteiger partial charge in [-0.15, -0.1) is 0 Å². The lowest BCUT2D eigenvalue weighted by molar-refractivity contribution is -0.135. The summed E-state index contributed by atoms with van der Waals surface area (Å²) in [6.07, 6.45) is 0.489. The van der Waals surface area contributed by atoms with E-state index in [1.165, 1.54) is 4.90 Å². The Bertz CT molecular complexity index is 475. The lowest BCUT2D eigenvalue weighted by Gasteiger charge is -2.17. The van der Waals surface area contributed by atoms with E-state index >= 15 is 0 Å². The monoisotopic (exact) mass is 295 g/mol. The molecule has 1 amide bonds. The molecule has 0 fully saturated rings. The van der Waals surface area contributed by atoms with Crippen molar-refractivity contribution in [1.29, 1.82) is 0 Å². The van der Waals surface area contributed by atoms with Crippen molar-refractivity contribution in [3.05, 3.63) is 35.4 Å². The Labute approximate surface area is 124 Å². The van der Waals surface area contributed by atoms with Gasteiger partial charge < -0.3 is 19.5 Å². The van der Waals surface area contributed by atoms with Crippen molar-refractivity contribution >= 4 is 11.9 Å². The summed E-state index contributed by atoms with van der Waals surface area (Å²) in [5.41, 5.74) is 0.986. The largest absolute Gasteiger partial charge is 0.478 e. The van der Waals surface area contributed by atoms with E-state index in [-0.39, 0.29) is 18.1 Å². The summed E-state index contributed by atoms with van der Waals surface area (Å²) in [5.74, 6) is -1.10. The number of likely N-dealkylation sites (N-methyl/N-ethyl adjacent to an activating group) is 1. The second-order valence-electron chi connectivity index (χ2n) is 4.57. The fraction of sp³-hybridized carbons (Fsp3) is 0.467. The van der Waals surface area contributed by atoms with Crippen LogP contribution in [-0.2, 0) is 20.7 Å². The van der Waals surface area contributed by atoms with E-state index in [1.807, 2.05) is 0 Å². The lowest BCUT2D eigenvalue weighted by atomic mass is 10.0. The number of aromatic carboxylic acids is 1. The molecule has 0 bridgehead atoms. The summed E-state index contributed by atoms with van der Waals surface area (Å²) >= 11 is 0. The molecule has 1 aromatic carbocycles. The van der Waals surface area contributed by atoms with Crippen molar-refractivity contribution in [2.45, 2.75) is 6.42 Å². The first-order chi connectivity index (χ1) is 10.1. The van der Waals surface area contributed by atoms with Gasteiger partial charge in [0.2, 0.25) is 5.91 Å². The summed E-state index contributed by atoms with van der Waals surface area (Å²) < 4.78 is 9.98. The van der Waals surface area contributed by atoms with Crippen LogP contribution in [0.4, 0.5) is 0 Å². The van der Waals surface area contributed by atoms with E-state index in [4.69, 9.17) is 14.6 Å². The van der Waals surface area contributed by atoms with Crippen LogP contribution in [0.15, 0.2) is 24.3 Å². The van der Waals surface area contributed by atoms with Gasteiger partial charge in [-0.3, -0.25) is 4.79 Å². The van der Waals surface area contributed by atoms with Crippen LogP contribution in [0, 0.1) is 0 Å². The summed E-state index contributed by atoms with van der Waals surface area (Å²) in [6, 6.07) is 6.80. The molecule has 0 spiro atoms. The third-order valence-electron chi connectivity index (χ3n) is 3.05. The number of carbonyl (C=O) groups is 2. The minimum absolute atomic E-state index is 0.000434. The number of carboxylic acid groups (broad SMARTS) is 1. The van der Waals surface area contributed by atoms with Gasteiger partial charge in [0.25, 0.3) is 0 Å². The fourth-order valence-corrected chi connectivity index (χ4v) is 1.77. The third-order valence-corrected chi connectivity index (χ3v) is 3.05. The van der Waals surface area contributed by atoms with Gasteiger partial charge >= 0.3 is 5.97 Å². The van der Waals surface area contributed by atoms with Crippen molar-refractivity contribution in [3.63, 3.8) is 0 Å². The smallest absolute Gasteiger partial charge is 0.335 e. The summed E-state index contributed by atoms with van der Waals surface area (Å²) in [7, 11) is 3.24. The van der Waals surface area contributed by atoms with E-state index in [0.717, 1.165) is 0 Å². The van der Waals surface area contributed by atoms with Crippen molar-refractivity contribution in [2.24, 2.45) is 0 Å². The molecule has 6 heteroatoms. The molecule has 21 heavy (non-hydrogen) atoms. The zero-order chi connectivity index (χ0) is 15.7. The number of amides is 1. The van der Waals surface area contributed by atoms with Gasteiger partial charge in [0.05, 0.1) is 18.8 Å². The Morgan fingerprint density at radius 2 is 1.95 bits per heavy atom. The number of hydrogen-bond donors (Lipinski definition) is 1. The average Bonchev–Trinajstić information content (AvgIpc) is 2.49. The Balaban J connectivity index is 2.44. The van der Waals surface area contributed by atoms with Gasteiger partial charge in [-0.2, -0.15) is 0 Å². The van der Waals surface area contributed by atoms with E-state index in [0.29, 0.717) is 31.7 Å². The minimum atomic E-state index is -0.956. The molecule has 116 valence electrons. The highest BCUT2D eigenvalue weighted by Crippen LogP contribution is 2.10. The standard InChI is InChI=1S/C15H21NO5/c1-16(14(17)11-21-10-9-20-2)8-7-12-5-3-4-6-13(12)15(18)19/h3-6H,7-11H2,1-2H3,(H,18,19). The van der Waals surface area contributed by atoms with E-state index < -0.39 is 5.97 Å². The molecule has 0 radical (unpaired) electrons. The van der Waals surface area contributed by atoms with Gasteiger partial charge in [-0.05, 0) is 18.1 Å². The second-order valence-corrected chi connectivity index (χ2v) is 4.57. The molecule has 0 unspecified atom stereocenters. The molecule has 0 saturated carbocycles. The number of methoxy groups -OCH3 is 1.